The standard InChI is InChI=1S/C21H42N6/c1-22-20(23-16-19-17-25(2)14-15-26(19)3)24-18-21(10-6-4-7-11-21)27-12-8-5-9-13-27/h19H,4-18H2,1-3H3,(H2,22,23,24). The molecule has 0 radical (unpaired) electrons. The highest BCUT2D eigenvalue weighted by molar-refractivity contribution is 5.79. The van der Waals surface area contributed by atoms with Crippen LogP contribution in [0.25, 0.3) is 0 Å². The summed E-state index contributed by atoms with van der Waals surface area (Å²) in [5, 5.41) is 7.31. The Balaban J connectivity index is 1.53. The maximum atomic E-state index is 4.52. The van der Waals surface area contributed by atoms with Crippen LogP contribution in [0.2, 0.25) is 0 Å². The second-order valence-corrected chi connectivity index (χ2v) is 9.04. The minimum Gasteiger partial charge on any atom is -0.355 e. The molecule has 6 nitrogen and oxygen atoms in total. The Labute approximate surface area is 166 Å². The molecule has 0 spiro atoms. The van der Waals surface area contributed by atoms with Gasteiger partial charge >= 0.3 is 0 Å². The second-order valence-electron chi connectivity index (χ2n) is 9.04. The molecule has 0 amide bonds. The number of rotatable bonds is 5. The molecule has 1 aliphatic carbocycles. The average Bonchev–Trinajstić information content (AvgIpc) is 2.72. The van der Waals surface area contributed by atoms with Gasteiger partial charge in [0, 0.05) is 51.4 Å². The zero-order valence-electron chi connectivity index (χ0n) is 18.0. The van der Waals surface area contributed by atoms with E-state index in [0.717, 1.165) is 32.1 Å². The van der Waals surface area contributed by atoms with Crippen molar-refractivity contribution in [2.45, 2.75) is 62.9 Å². The van der Waals surface area contributed by atoms with Crippen LogP contribution >= 0.6 is 0 Å². The fraction of sp³-hybridized carbons (Fsp3) is 0.952. The van der Waals surface area contributed by atoms with Gasteiger partial charge in [-0.1, -0.05) is 25.7 Å². The van der Waals surface area contributed by atoms with Gasteiger partial charge in [-0.3, -0.25) is 14.8 Å². The zero-order valence-corrected chi connectivity index (χ0v) is 18.0. The van der Waals surface area contributed by atoms with Crippen LogP contribution in [0.4, 0.5) is 0 Å². The maximum Gasteiger partial charge on any atom is 0.191 e. The summed E-state index contributed by atoms with van der Waals surface area (Å²) < 4.78 is 0. The lowest BCUT2D eigenvalue weighted by Crippen LogP contribution is -2.60. The first-order valence-electron chi connectivity index (χ1n) is 11.2. The van der Waals surface area contributed by atoms with Gasteiger partial charge in [0.15, 0.2) is 5.96 Å². The van der Waals surface area contributed by atoms with E-state index >= 15 is 0 Å². The van der Waals surface area contributed by atoms with Crippen LogP contribution in [-0.2, 0) is 0 Å². The molecule has 3 rings (SSSR count). The zero-order chi connectivity index (χ0) is 19.1. The third-order valence-electron chi connectivity index (χ3n) is 7.10. The summed E-state index contributed by atoms with van der Waals surface area (Å²) in [4.78, 5) is 12.2. The first-order valence-corrected chi connectivity index (χ1v) is 11.2. The molecule has 1 saturated carbocycles. The minimum absolute atomic E-state index is 0.345. The largest absolute Gasteiger partial charge is 0.355 e. The molecule has 1 atom stereocenters. The van der Waals surface area contributed by atoms with E-state index < -0.39 is 0 Å². The molecular formula is C21H42N6. The summed E-state index contributed by atoms with van der Waals surface area (Å²) in [6.07, 6.45) is 11.0. The highest BCUT2D eigenvalue weighted by atomic mass is 15.3. The Morgan fingerprint density at radius 1 is 0.926 bits per heavy atom. The van der Waals surface area contributed by atoms with E-state index in [0.29, 0.717) is 11.6 Å². The number of likely N-dealkylation sites (N-methyl/N-ethyl adjacent to an activating group) is 2. The predicted molar refractivity (Wildman–Crippen MR) is 115 cm³/mol. The van der Waals surface area contributed by atoms with Crippen molar-refractivity contribution in [2.75, 3.05) is 67.0 Å². The van der Waals surface area contributed by atoms with Gasteiger partial charge in [-0.05, 0) is 52.9 Å². The number of nitrogens with one attached hydrogen (secondary N) is 2. The van der Waals surface area contributed by atoms with Gasteiger partial charge in [0.1, 0.15) is 0 Å². The first kappa shape index (κ1) is 20.9. The Kier molecular flexibility index (Phi) is 7.79. The van der Waals surface area contributed by atoms with Crippen molar-refractivity contribution in [3.8, 4) is 0 Å². The molecule has 0 aromatic carbocycles. The van der Waals surface area contributed by atoms with E-state index in [1.807, 2.05) is 7.05 Å². The lowest BCUT2D eigenvalue weighted by Gasteiger charge is -2.48. The average molecular weight is 379 g/mol. The van der Waals surface area contributed by atoms with Crippen molar-refractivity contribution in [3.63, 3.8) is 0 Å². The van der Waals surface area contributed by atoms with Crippen molar-refractivity contribution in [1.82, 2.24) is 25.3 Å². The number of nitrogens with zero attached hydrogens (tertiary/aromatic N) is 4. The number of piperazine rings is 1. The molecule has 27 heavy (non-hydrogen) atoms. The fourth-order valence-corrected chi connectivity index (χ4v) is 5.19. The third kappa shape index (κ3) is 5.58. The summed E-state index contributed by atoms with van der Waals surface area (Å²) in [6, 6.07) is 0.549. The summed E-state index contributed by atoms with van der Waals surface area (Å²) in [5.74, 6) is 0.971. The number of hydrogen-bond acceptors (Lipinski definition) is 4. The maximum absolute atomic E-state index is 4.52. The lowest BCUT2D eigenvalue weighted by molar-refractivity contribution is 0.0367. The molecular weight excluding hydrogens is 336 g/mol. The van der Waals surface area contributed by atoms with Crippen molar-refractivity contribution < 1.29 is 0 Å². The van der Waals surface area contributed by atoms with Crippen LogP contribution in [0.5, 0.6) is 0 Å². The van der Waals surface area contributed by atoms with Crippen LogP contribution in [0, 0.1) is 0 Å². The highest BCUT2D eigenvalue weighted by Gasteiger charge is 2.38. The SMILES string of the molecule is CN=C(NCC1CN(C)CCN1C)NCC1(N2CCCCC2)CCCCC1. The first-order chi connectivity index (χ1) is 13.1. The molecule has 2 N–H and O–H groups in total. The molecule has 6 heteroatoms. The molecule has 156 valence electrons. The van der Waals surface area contributed by atoms with E-state index in [1.54, 1.807) is 0 Å². The Bertz CT molecular complexity index is 467. The smallest absolute Gasteiger partial charge is 0.191 e. The molecule has 1 unspecified atom stereocenters. The van der Waals surface area contributed by atoms with Gasteiger partial charge in [-0.15, -0.1) is 0 Å². The van der Waals surface area contributed by atoms with Crippen LogP contribution < -0.4 is 10.6 Å². The molecule has 3 aliphatic rings. The van der Waals surface area contributed by atoms with Gasteiger partial charge in [-0.25, -0.2) is 0 Å². The van der Waals surface area contributed by atoms with E-state index in [-0.39, 0.29) is 0 Å². The van der Waals surface area contributed by atoms with Crippen LogP contribution in [-0.4, -0.2) is 99.2 Å². The second kappa shape index (κ2) is 10.1. The van der Waals surface area contributed by atoms with Crippen LogP contribution in [0.1, 0.15) is 51.4 Å². The van der Waals surface area contributed by atoms with E-state index in [4.69, 9.17) is 0 Å². The summed E-state index contributed by atoms with van der Waals surface area (Å²) in [7, 11) is 6.36. The van der Waals surface area contributed by atoms with Crippen molar-refractivity contribution >= 4 is 5.96 Å². The van der Waals surface area contributed by atoms with Gasteiger partial charge in [0.05, 0.1) is 0 Å². The fourth-order valence-electron chi connectivity index (χ4n) is 5.19. The van der Waals surface area contributed by atoms with Crippen molar-refractivity contribution in [2.24, 2.45) is 4.99 Å². The predicted octanol–water partition coefficient (Wildman–Crippen LogP) is 1.59. The summed E-state index contributed by atoms with van der Waals surface area (Å²) in [5.41, 5.74) is 0.345. The van der Waals surface area contributed by atoms with Gasteiger partial charge in [-0.2, -0.15) is 0 Å². The third-order valence-corrected chi connectivity index (χ3v) is 7.10. The number of hydrogen-bond donors (Lipinski definition) is 2. The number of guanidine groups is 1. The summed E-state index contributed by atoms with van der Waals surface area (Å²) >= 11 is 0. The molecule has 2 heterocycles. The molecule has 0 aromatic heterocycles. The minimum atomic E-state index is 0.345. The van der Waals surface area contributed by atoms with E-state index in [2.05, 4.69) is 44.4 Å². The molecule has 2 aliphatic heterocycles. The monoisotopic (exact) mass is 378 g/mol. The van der Waals surface area contributed by atoms with E-state index in [9.17, 15) is 0 Å². The molecule has 0 bridgehead atoms. The molecule has 3 fully saturated rings. The molecule has 0 aromatic rings. The number of piperidine rings is 1. The number of likely N-dealkylation sites (tertiary alicyclic amines) is 1. The van der Waals surface area contributed by atoms with Crippen molar-refractivity contribution in [3.05, 3.63) is 0 Å². The molecule has 2 saturated heterocycles. The van der Waals surface area contributed by atoms with Gasteiger partial charge in [0.25, 0.3) is 0 Å². The summed E-state index contributed by atoms with van der Waals surface area (Å²) in [6.45, 7) is 7.99. The Hall–Kier alpha value is -0.850. The lowest BCUT2D eigenvalue weighted by atomic mass is 9.79. The Morgan fingerprint density at radius 3 is 2.33 bits per heavy atom. The van der Waals surface area contributed by atoms with Crippen LogP contribution in [0.15, 0.2) is 4.99 Å². The van der Waals surface area contributed by atoms with E-state index in [1.165, 1.54) is 71.0 Å². The van der Waals surface area contributed by atoms with Gasteiger partial charge < -0.3 is 15.5 Å². The number of aliphatic imine (C=N–C) groups is 1. The van der Waals surface area contributed by atoms with Gasteiger partial charge in [0.2, 0.25) is 0 Å². The normalized spacial score (nSPS) is 28.9. The topological polar surface area (TPSA) is 46.1 Å². The van der Waals surface area contributed by atoms with Crippen LogP contribution in [0.3, 0.4) is 0 Å². The Morgan fingerprint density at radius 2 is 1.63 bits per heavy atom. The van der Waals surface area contributed by atoms with Crippen molar-refractivity contribution in [1.29, 1.82) is 0 Å². The quantitative estimate of drug-likeness (QED) is 0.562. The highest BCUT2D eigenvalue weighted by Crippen LogP contribution is 2.35.